The molecular formula is C10H10F3NO4. The molecule has 1 heterocycles. The van der Waals surface area contributed by atoms with Gasteiger partial charge in [-0.15, -0.1) is 0 Å². The van der Waals surface area contributed by atoms with E-state index in [2.05, 4.69) is 9.72 Å². The number of ether oxygens (including phenoxy) is 2. The molecule has 0 fully saturated rings. The zero-order chi connectivity index (χ0) is 13.6. The summed E-state index contributed by atoms with van der Waals surface area (Å²) in [6.45, 7) is -1.72. The average Bonchev–Trinajstić information content (AvgIpc) is 2.27. The van der Waals surface area contributed by atoms with E-state index in [4.69, 9.17) is 9.84 Å². The molecule has 0 aliphatic heterocycles. The maximum Gasteiger partial charge on any atom is 0.411 e. The van der Waals surface area contributed by atoms with E-state index < -0.39 is 18.8 Å². The van der Waals surface area contributed by atoms with Gasteiger partial charge in [0.1, 0.15) is 19.0 Å². The predicted octanol–water partition coefficient (Wildman–Crippen LogP) is 1.74. The Morgan fingerprint density at radius 3 is 2.67 bits per heavy atom. The molecule has 0 amide bonds. The average molecular weight is 265 g/mol. The first-order valence-electron chi connectivity index (χ1n) is 4.84. The summed E-state index contributed by atoms with van der Waals surface area (Å²) >= 11 is 0. The second-order valence-corrected chi connectivity index (χ2v) is 3.23. The van der Waals surface area contributed by atoms with Crippen LogP contribution in [0.2, 0.25) is 0 Å². The Hall–Kier alpha value is -1.83. The standard InChI is InChI=1S/C10H10F3NO4/c11-10(12,13)6-17-1-2-18-8-3-7(9(15)16)4-14-5-8/h3-5H,1-2,6H2,(H,15,16). The lowest BCUT2D eigenvalue weighted by atomic mass is 10.3. The molecule has 0 aliphatic carbocycles. The summed E-state index contributed by atoms with van der Waals surface area (Å²) in [7, 11) is 0. The van der Waals surface area contributed by atoms with Gasteiger partial charge in [0.15, 0.2) is 0 Å². The molecule has 0 saturated carbocycles. The molecule has 1 aromatic rings. The van der Waals surface area contributed by atoms with Gasteiger partial charge >= 0.3 is 12.1 Å². The minimum Gasteiger partial charge on any atom is -0.490 e. The van der Waals surface area contributed by atoms with Crippen LogP contribution >= 0.6 is 0 Å². The first-order valence-corrected chi connectivity index (χ1v) is 4.84. The number of carboxylic acids is 1. The second kappa shape index (κ2) is 6.20. The van der Waals surface area contributed by atoms with Crippen LogP contribution in [0.5, 0.6) is 5.75 Å². The van der Waals surface area contributed by atoms with Crippen molar-refractivity contribution in [1.82, 2.24) is 4.98 Å². The maximum absolute atomic E-state index is 11.7. The van der Waals surface area contributed by atoms with E-state index in [1.54, 1.807) is 0 Å². The molecule has 0 aromatic carbocycles. The van der Waals surface area contributed by atoms with E-state index in [0.717, 1.165) is 6.20 Å². The van der Waals surface area contributed by atoms with E-state index >= 15 is 0 Å². The van der Waals surface area contributed by atoms with Gasteiger partial charge in [-0.05, 0) is 6.07 Å². The number of carboxylic acid groups (broad SMARTS) is 1. The van der Waals surface area contributed by atoms with Crippen LogP contribution in [0.3, 0.4) is 0 Å². The molecule has 1 rings (SSSR count). The summed E-state index contributed by atoms with van der Waals surface area (Å²) in [5, 5.41) is 8.66. The number of hydrogen-bond donors (Lipinski definition) is 1. The Morgan fingerprint density at radius 1 is 1.33 bits per heavy atom. The smallest absolute Gasteiger partial charge is 0.411 e. The van der Waals surface area contributed by atoms with Gasteiger partial charge in [0, 0.05) is 6.20 Å². The molecule has 100 valence electrons. The predicted molar refractivity (Wildman–Crippen MR) is 53.6 cm³/mol. The van der Waals surface area contributed by atoms with E-state index in [1.165, 1.54) is 12.3 Å². The summed E-state index contributed by atoms with van der Waals surface area (Å²) in [4.78, 5) is 14.2. The normalized spacial score (nSPS) is 11.3. The topological polar surface area (TPSA) is 68.7 Å². The minimum absolute atomic E-state index is 0.0660. The minimum atomic E-state index is -4.37. The van der Waals surface area contributed by atoms with E-state index in [1.807, 2.05) is 0 Å². The molecule has 0 aliphatic rings. The Balaban J connectivity index is 2.31. The molecule has 0 radical (unpaired) electrons. The highest BCUT2D eigenvalue weighted by Gasteiger charge is 2.27. The number of alkyl halides is 3. The molecular weight excluding hydrogens is 255 g/mol. The van der Waals surface area contributed by atoms with Crippen molar-refractivity contribution < 1.29 is 32.5 Å². The van der Waals surface area contributed by atoms with Crippen molar-refractivity contribution in [3.63, 3.8) is 0 Å². The van der Waals surface area contributed by atoms with Gasteiger partial charge in [0.2, 0.25) is 0 Å². The Kier molecular flexibility index (Phi) is 4.90. The lowest BCUT2D eigenvalue weighted by Gasteiger charge is -2.09. The van der Waals surface area contributed by atoms with Crippen molar-refractivity contribution in [3.8, 4) is 5.75 Å². The summed E-state index contributed by atoms with van der Waals surface area (Å²) in [5.74, 6) is -1.01. The fourth-order valence-electron chi connectivity index (χ4n) is 1.02. The Bertz CT molecular complexity index is 408. The van der Waals surface area contributed by atoms with Crippen molar-refractivity contribution in [2.75, 3.05) is 19.8 Å². The largest absolute Gasteiger partial charge is 0.490 e. The number of aromatic carboxylic acids is 1. The van der Waals surface area contributed by atoms with Crippen LogP contribution < -0.4 is 4.74 Å². The van der Waals surface area contributed by atoms with Crippen LogP contribution in [-0.4, -0.2) is 42.1 Å². The molecule has 0 atom stereocenters. The molecule has 1 aromatic heterocycles. The van der Waals surface area contributed by atoms with Gasteiger partial charge in [0.05, 0.1) is 18.4 Å². The number of halogens is 3. The third-order valence-electron chi connectivity index (χ3n) is 1.72. The highest BCUT2D eigenvalue weighted by atomic mass is 19.4. The lowest BCUT2D eigenvalue weighted by molar-refractivity contribution is -0.175. The van der Waals surface area contributed by atoms with E-state index in [-0.39, 0.29) is 24.5 Å². The SMILES string of the molecule is O=C(O)c1cncc(OCCOCC(F)(F)F)c1. The van der Waals surface area contributed by atoms with E-state index in [9.17, 15) is 18.0 Å². The number of carbonyl (C=O) groups is 1. The highest BCUT2D eigenvalue weighted by molar-refractivity contribution is 5.87. The first-order chi connectivity index (χ1) is 8.38. The van der Waals surface area contributed by atoms with Gasteiger partial charge in [0.25, 0.3) is 0 Å². The van der Waals surface area contributed by atoms with Gasteiger partial charge in [-0.25, -0.2) is 4.79 Å². The van der Waals surface area contributed by atoms with Crippen molar-refractivity contribution in [3.05, 3.63) is 24.0 Å². The van der Waals surface area contributed by atoms with Crippen LogP contribution in [0.4, 0.5) is 13.2 Å². The van der Waals surface area contributed by atoms with Crippen molar-refractivity contribution in [2.24, 2.45) is 0 Å². The first kappa shape index (κ1) is 14.2. The van der Waals surface area contributed by atoms with Gasteiger partial charge in [-0.1, -0.05) is 0 Å². The zero-order valence-electron chi connectivity index (χ0n) is 9.11. The number of pyridine rings is 1. The zero-order valence-corrected chi connectivity index (χ0v) is 9.11. The molecule has 0 spiro atoms. The summed E-state index contributed by atoms with van der Waals surface area (Å²) in [5.41, 5.74) is -0.0660. The van der Waals surface area contributed by atoms with Gasteiger partial charge in [-0.3, -0.25) is 4.98 Å². The Morgan fingerprint density at radius 2 is 2.06 bits per heavy atom. The number of hydrogen-bond acceptors (Lipinski definition) is 4. The third-order valence-corrected chi connectivity index (χ3v) is 1.72. The van der Waals surface area contributed by atoms with Crippen molar-refractivity contribution >= 4 is 5.97 Å². The molecule has 0 bridgehead atoms. The fourth-order valence-corrected chi connectivity index (χ4v) is 1.02. The molecule has 0 unspecified atom stereocenters. The number of aromatic nitrogens is 1. The molecule has 0 saturated heterocycles. The highest BCUT2D eigenvalue weighted by Crippen LogP contribution is 2.14. The van der Waals surface area contributed by atoms with Gasteiger partial charge < -0.3 is 14.6 Å². The number of rotatable bonds is 6. The second-order valence-electron chi connectivity index (χ2n) is 3.23. The van der Waals surface area contributed by atoms with Crippen molar-refractivity contribution in [1.29, 1.82) is 0 Å². The molecule has 5 nitrogen and oxygen atoms in total. The van der Waals surface area contributed by atoms with Crippen molar-refractivity contribution in [2.45, 2.75) is 6.18 Å². The fraction of sp³-hybridized carbons (Fsp3) is 0.400. The van der Waals surface area contributed by atoms with Gasteiger partial charge in [-0.2, -0.15) is 13.2 Å². The summed E-state index contributed by atoms with van der Waals surface area (Å²) in [6.07, 6.45) is -1.98. The van der Waals surface area contributed by atoms with Crippen LogP contribution in [0.1, 0.15) is 10.4 Å². The molecule has 8 heteroatoms. The lowest BCUT2D eigenvalue weighted by Crippen LogP contribution is -2.19. The summed E-state index contributed by atoms with van der Waals surface area (Å²) in [6, 6.07) is 1.22. The quantitative estimate of drug-likeness (QED) is 0.793. The third kappa shape index (κ3) is 5.48. The van der Waals surface area contributed by atoms with Crippen LogP contribution in [0, 0.1) is 0 Å². The number of nitrogens with zero attached hydrogens (tertiary/aromatic N) is 1. The summed E-state index contributed by atoms with van der Waals surface area (Å²) < 4.78 is 44.4. The molecule has 18 heavy (non-hydrogen) atoms. The van der Waals surface area contributed by atoms with Crippen LogP contribution in [-0.2, 0) is 4.74 Å². The maximum atomic E-state index is 11.7. The van der Waals surface area contributed by atoms with Crippen LogP contribution in [0.25, 0.3) is 0 Å². The molecule has 1 N–H and O–H groups in total. The van der Waals surface area contributed by atoms with E-state index in [0.29, 0.717) is 0 Å². The Labute approximate surface area is 100 Å². The monoisotopic (exact) mass is 265 g/mol. The van der Waals surface area contributed by atoms with Crippen LogP contribution in [0.15, 0.2) is 18.5 Å².